The van der Waals surface area contributed by atoms with Crippen LogP contribution in [0, 0.1) is 0 Å². The Morgan fingerprint density at radius 1 is 0.889 bits per heavy atom. The zero-order chi connectivity index (χ0) is 27.4. The number of nitrogens with zero attached hydrogens (tertiary/aromatic N) is 1. The average Bonchev–Trinajstić information content (AvgIpc) is 3.30. The quantitative estimate of drug-likeness (QED) is 0.106. The maximum Gasteiger partial charge on any atom is 0.326 e. The number of aliphatic hydroxyl groups is 1. The van der Waals surface area contributed by atoms with Crippen LogP contribution in [0.5, 0.6) is 0 Å². The monoisotopic (exact) mass is 514 g/mol. The van der Waals surface area contributed by atoms with E-state index in [1.807, 2.05) is 0 Å². The number of rotatable bonds is 16. The molecule has 5 atom stereocenters. The van der Waals surface area contributed by atoms with E-state index in [1.165, 1.54) is 19.4 Å². The van der Waals surface area contributed by atoms with Crippen molar-refractivity contribution in [1.29, 1.82) is 0 Å². The van der Waals surface area contributed by atoms with Crippen molar-refractivity contribution in [3.8, 4) is 0 Å². The first-order chi connectivity index (χ1) is 16.8. The summed E-state index contributed by atoms with van der Waals surface area (Å²) in [7, 11) is 0. The zero-order valence-corrected chi connectivity index (χ0v) is 19.3. The highest BCUT2D eigenvalue weighted by Crippen LogP contribution is 2.06. The fourth-order valence-corrected chi connectivity index (χ4v) is 2.92. The van der Waals surface area contributed by atoms with Crippen LogP contribution in [0.25, 0.3) is 0 Å². The Morgan fingerprint density at radius 2 is 1.36 bits per heavy atom. The van der Waals surface area contributed by atoms with E-state index in [1.54, 1.807) is 0 Å². The second-order valence-corrected chi connectivity index (χ2v) is 7.93. The van der Waals surface area contributed by atoms with Gasteiger partial charge in [-0.25, -0.2) is 9.78 Å². The maximum atomic E-state index is 12.8. The number of carboxylic acid groups (broad SMARTS) is 3. The summed E-state index contributed by atoms with van der Waals surface area (Å²) in [6, 6.07) is -5.92. The van der Waals surface area contributed by atoms with Gasteiger partial charge in [-0.3, -0.25) is 24.0 Å². The Kier molecular flexibility index (Phi) is 12.0. The number of nitrogens with one attached hydrogen (secondary N) is 4. The lowest BCUT2D eigenvalue weighted by Gasteiger charge is -2.25. The molecule has 36 heavy (non-hydrogen) atoms. The smallest absolute Gasteiger partial charge is 0.326 e. The molecular formula is C20H30N6O10. The van der Waals surface area contributed by atoms with Crippen LogP contribution in [0.2, 0.25) is 0 Å². The molecule has 5 unspecified atom stereocenters. The summed E-state index contributed by atoms with van der Waals surface area (Å²) in [4.78, 5) is 77.9. The van der Waals surface area contributed by atoms with Gasteiger partial charge in [0.25, 0.3) is 0 Å². The van der Waals surface area contributed by atoms with E-state index >= 15 is 0 Å². The van der Waals surface area contributed by atoms with Crippen LogP contribution < -0.4 is 21.7 Å². The minimum Gasteiger partial charge on any atom is -0.481 e. The third kappa shape index (κ3) is 10.5. The summed E-state index contributed by atoms with van der Waals surface area (Å²) in [5.41, 5.74) is 5.92. The Balaban J connectivity index is 3.04. The van der Waals surface area contributed by atoms with Crippen molar-refractivity contribution >= 4 is 35.6 Å². The first kappa shape index (κ1) is 30.0. The third-order valence-electron chi connectivity index (χ3n) is 4.98. The number of nitrogens with two attached hydrogens (primary N) is 1. The van der Waals surface area contributed by atoms with E-state index < -0.39 is 91.6 Å². The summed E-state index contributed by atoms with van der Waals surface area (Å²) in [6.45, 7) is 1.23. The number of amides is 3. The predicted molar refractivity (Wildman–Crippen MR) is 119 cm³/mol. The van der Waals surface area contributed by atoms with Gasteiger partial charge in [0.2, 0.25) is 17.7 Å². The maximum absolute atomic E-state index is 12.8. The van der Waals surface area contributed by atoms with Crippen LogP contribution in [0.4, 0.5) is 0 Å². The van der Waals surface area contributed by atoms with Crippen LogP contribution in [0.15, 0.2) is 12.5 Å². The Morgan fingerprint density at radius 3 is 1.75 bits per heavy atom. The number of carbonyl (C=O) groups is 6. The molecular weight excluding hydrogens is 484 g/mol. The van der Waals surface area contributed by atoms with Crippen molar-refractivity contribution in [2.45, 2.75) is 69.3 Å². The molecule has 16 nitrogen and oxygen atoms in total. The molecule has 0 bridgehead atoms. The molecule has 0 radical (unpaired) electrons. The number of carboxylic acids is 3. The molecule has 1 aromatic rings. The molecule has 1 heterocycles. The molecule has 200 valence electrons. The van der Waals surface area contributed by atoms with Crippen LogP contribution >= 0.6 is 0 Å². The molecule has 0 aromatic carbocycles. The van der Waals surface area contributed by atoms with Gasteiger partial charge < -0.3 is 47.1 Å². The van der Waals surface area contributed by atoms with E-state index in [0.717, 1.165) is 0 Å². The Hall–Kier alpha value is -4.05. The summed E-state index contributed by atoms with van der Waals surface area (Å²) in [6.07, 6.45) is -0.796. The van der Waals surface area contributed by atoms with Gasteiger partial charge in [-0.1, -0.05) is 0 Å². The van der Waals surface area contributed by atoms with Crippen molar-refractivity contribution in [3.63, 3.8) is 0 Å². The number of imidazole rings is 1. The summed E-state index contributed by atoms with van der Waals surface area (Å²) < 4.78 is 0. The SMILES string of the molecule is CC(O)C(N)C(=O)NC(CCC(=O)O)C(=O)NC(CCC(=O)O)C(=O)NC(Cc1cnc[nH]1)C(=O)O. The number of hydrogen-bond donors (Lipinski definition) is 9. The van der Waals surface area contributed by atoms with Crippen molar-refractivity contribution in [1.82, 2.24) is 25.9 Å². The zero-order valence-electron chi connectivity index (χ0n) is 19.3. The van der Waals surface area contributed by atoms with Crippen molar-refractivity contribution in [2.24, 2.45) is 5.73 Å². The van der Waals surface area contributed by atoms with Gasteiger partial charge in [0.1, 0.15) is 24.2 Å². The van der Waals surface area contributed by atoms with Gasteiger partial charge in [-0.15, -0.1) is 0 Å². The highest BCUT2D eigenvalue weighted by atomic mass is 16.4. The van der Waals surface area contributed by atoms with Gasteiger partial charge >= 0.3 is 17.9 Å². The number of carbonyl (C=O) groups excluding carboxylic acids is 3. The van der Waals surface area contributed by atoms with Crippen LogP contribution in [0.1, 0.15) is 38.3 Å². The standard InChI is InChI=1S/C20H30N6O10/c1-9(27)16(21)19(34)25-12(3-5-15(30)31)17(32)24-11(2-4-14(28)29)18(33)26-13(20(35)36)6-10-7-22-8-23-10/h7-9,11-13,16,27H,2-6,21H2,1H3,(H,22,23)(H,24,32)(H,25,34)(H,26,33)(H,28,29)(H,30,31)(H,35,36). The number of aliphatic carboxylic acids is 3. The third-order valence-corrected chi connectivity index (χ3v) is 4.98. The highest BCUT2D eigenvalue weighted by Gasteiger charge is 2.31. The average molecular weight is 514 g/mol. The normalized spacial score (nSPS) is 15.0. The predicted octanol–water partition coefficient (Wildman–Crippen LogP) is -3.07. The lowest BCUT2D eigenvalue weighted by atomic mass is 10.1. The molecule has 0 saturated carbocycles. The number of hydrogen-bond acceptors (Lipinski definition) is 9. The van der Waals surface area contributed by atoms with Crippen LogP contribution in [0.3, 0.4) is 0 Å². The van der Waals surface area contributed by atoms with E-state index in [-0.39, 0.29) is 6.42 Å². The lowest BCUT2D eigenvalue weighted by Crippen LogP contribution is -2.58. The summed E-state index contributed by atoms with van der Waals surface area (Å²) in [5.74, 6) is -7.00. The molecule has 1 rings (SSSR count). The first-order valence-corrected chi connectivity index (χ1v) is 10.8. The largest absolute Gasteiger partial charge is 0.481 e. The highest BCUT2D eigenvalue weighted by molar-refractivity contribution is 5.94. The van der Waals surface area contributed by atoms with Crippen molar-refractivity contribution < 1.29 is 49.2 Å². The molecule has 1 aromatic heterocycles. The number of H-pyrrole nitrogens is 1. The number of aromatic nitrogens is 2. The molecule has 16 heteroatoms. The second kappa shape index (κ2) is 14.4. The van der Waals surface area contributed by atoms with E-state index in [2.05, 4.69) is 25.9 Å². The first-order valence-electron chi connectivity index (χ1n) is 10.8. The minimum atomic E-state index is -1.54. The molecule has 0 aliphatic rings. The van der Waals surface area contributed by atoms with Gasteiger partial charge in [0.15, 0.2) is 0 Å². The van der Waals surface area contributed by atoms with Crippen molar-refractivity contribution in [2.75, 3.05) is 0 Å². The summed E-state index contributed by atoms with van der Waals surface area (Å²) in [5, 5.41) is 43.5. The second-order valence-electron chi connectivity index (χ2n) is 7.93. The van der Waals surface area contributed by atoms with Gasteiger partial charge in [0, 0.05) is 31.2 Å². The Bertz CT molecular complexity index is 935. The lowest BCUT2D eigenvalue weighted by molar-refractivity contribution is -0.143. The van der Waals surface area contributed by atoms with Crippen LogP contribution in [-0.2, 0) is 35.2 Å². The van der Waals surface area contributed by atoms with Gasteiger partial charge in [-0.05, 0) is 19.8 Å². The van der Waals surface area contributed by atoms with E-state index in [9.17, 15) is 39.0 Å². The molecule has 3 amide bonds. The topological polar surface area (TPSA) is 274 Å². The van der Waals surface area contributed by atoms with E-state index in [4.69, 9.17) is 15.9 Å². The van der Waals surface area contributed by atoms with Gasteiger partial charge in [-0.2, -0.15) is 0 Å². The van der Waals surface area contributed by atoms with Crippen molar-refractivity contribution in [3.05, 3.63) is 18.2 Å². The van der Waals surface area contributed by atoms with Crippen LogP contribution in [-0.4, -0.2) is 96.3 Å². The molecule has 0 fully saturated rings. The molecule has 0 saturated heterocycles. The summed E-state index contributed by atoms with van der Waals surface area (Å²) >= 11 is 0. The minimum absolute atomic E-state index is 0.185. The fourth-order valence-electron chi connectivity index (χ4n) is 2.92. The number of aliphatic hydroxyl groups excluding tert-OH is 1. The van der Waals surface area contributed by atoms with Gasteiger partial charge in [0.05, 0.1) is 12.4 Å². The molecule has 0 aliphatic heterocycles. The molecule has 0 spiro atoms. The molecule has 0 aliphatic carbocycles. The molecule has 10 N–H and O–H groups in total. The Labute approximate surface area is 204 Å². The number of aromatic amines is 1. The fraction of sp³-hybridized carbons (Fsp3) is 0.550. The van der Waals surface area contributed by atoms with E-state index in [0.29, 0.717) is 5.69 Å².